The third-order valence-electron chi connectivity index (χ3n) is 10.0. The Morgan fingerprint density at radius 1 is 0.808 bits per heavy atom. The van der Waals surface area contributed by atoms with E-state index in [1.807, 2.05) is 71.6 Å². The second-order valence-corrected chi connectivity index (χ2v) is 13.6. The normalized spacial score (nSPS) is 15.2. The Morgan fingerprint density at radius 3 is 2.40 bits per heavy atom. The van der Waals surface area contributed by atoms with E-state index in [1.165, 1.54) is 5.56 Å². The number of rotatable bonds is 12. The number of piperidine rings is 1. The Balaban J connectivity index is 1.11. The van der Waals surface area contributed by atoms with Gasteiger partial charge in [0, 0.05) is 50.7 Å². The lowest BCUT2D eigenvalue weighted by Gasteiger charge is -2.29. The summed E-state index contributed by atoms with van der Waals surface area (Å²) >= 11 is 0. The lowest BCUT2D eigenvalue weighted by atomic mass is 9.96. The second-order valence-electron chi connectivity index (χ2n) is 13.6. The first-order chi connectivity index (χ1) is 25.4. The smallest absolute Gasteiger partial charge is 0.319 e. The van der Waals surface area contributed by atoms with Crippen LogP contribution in [0.3, 0.4) is 0 Å². The predicted molar refractivity (Wildman–Crippen MR) is 207 cm³/mol. The Bertz CT molecular complexity index is 1880. The average molecular weight is 704 g/mol. The maximum absolute atomic E-state index is 13.3. The van der Waals surface area contributed by atoms with Gasteiger partial charge in [-0.15, -0.1) is 0 Å². The van der Waals surface area contributed by atoms with Crippen LogP contribution < -0.4 is 31.9 Å². The molecule has 5 amide bonds. The van der Waals surface area contributed by atoms with Gasteiger partial charge in [-0.05, 0) is 91.7 Å². The standard InChI is InChI=1S/C41H49N7O4/c42-39(50)38-31(15-14-30-11-4-5-12-34(30)38)20-23-44-41(52)45-33-16-17-36(35(28-33)46-37(49)13-6-10-29-8-2-1-3-9-29)47-24-7-25-48(27-26-47)40(51)32-18-21-43-22-19-32/h1-5,8-9,11-12,14-17,28,32,43H,6-7,10,13,18-27H2,(H2,42,50)(H,46,49)(H2,44,45,52). The topological polar surface area (TPSA) is 149 Å². The summed E-state index contributed by atoms with van der Waals surface area (Å²) in [6.07, 6.45) is 4.85. The molecule has 0 spiro atoms. The number of amides is 5. The molecule has 0 aromatic heterocycles. The minimum absolute atomic E-state index is 0.0767. The fourth-order valence-electron chi connectivity index (χ4n) is 7.31. The van der Waals surface area contributed by atoms with Crippen molar-refractivity contribution in [1.29, 1.82) is 0 Å². The van der Waals surface area contributed by atoms with Crippen molar-refractivity contribution in [3.63, 3.8) is 0 Å². The minimum Gasteiger partial charge on any atom is -0.368 e. The van der Waals surface area contributed by atoms with E-state index in [2.05, 4.69) is 38.3 Å². The van der Waals surface area contributed by atoms with E-state index >= 15 is 0 Å². The van der Waals surface area contributed by atoms with Crippen molar-refractivity contribution in [2.24, 2.45) is 11.7 Å². The maximum atomic E-state index is 13.3. The predicted octanol–water partition coefficient (Wildman–Crippen LogP) is 5.30. The number of benzene rings is 4. The molecule has 11 nitrogen and oxygen atoms in total. The number of nitrogens with zero attached hydrogens (tertiary/aromatic N) is 2. The van der Waals surface area contributed by atoms with Crippen molar-refractivity contribution in [2.75, 3.05) is 61.3 Å². The first-order valence-electron chi connectivity index (χ1n) is 18.4. The van der Waals surface area contributed by atoms with Gasteiger partial charge in [-0.1, -0.05) is 66.7 Å². The fraction of sp³-hybridized carbons (Fsp3) is 0.366. The van der Waals surface area contributed by atoms with Gasteiger partial charge < -0.3 is 36.8 Å². The van der Waals surface area contributed by atoms with E-state index in [4.69, 9.17) is 5.73 Å². The van der Waals surface area contributed by atoms with Crippen LogP contribution in [0.1, 0.15) is 53.6 Å². The molecule has 4 aromatic carbocycles. The fourth-order valence-corrected chi connectivity index (χ4v) is 7.31. The zero-order valence-electron chi connectivity index (χ0n) is 29.7. The highest BCUT2D eigenvalue weighted by Crippen LogP contribution is 2.31. The molecule has 272 valence electrons. The molecule has 2 fully saturated rings. The molecule has 0 bridgehead atoms. The van der Waals surface area contributed by atoms with Crippen molar-refractivity contribution in [3.05, 3.63) is 102 Å². The van der Waals surface area contributed by atoms with Gasteiger partial charge >= 0.3 is 6.03 Å². The van der Waals surface area contributed by atoms with Crippen LogP contribution >= 0.6 is 0 Å². The van der Waals surface area contributed by atoms with E-state index in [0.717, 1.165) is 67.3 Å². The first-order valence-corrected chi connectivity index (χ1v) is 18.4. The van der Waals surface area contributed by atoms with Crippen LogP contribution in [0.15, 0.2) is 84.9 Å². The minimum atomic E-state index is -0.503. The SMILES string of the molecule is NC(=O)c1c(CCNC(=O)Nc2ccc(N3CCCN(C(=O)C4CCNCC4)CC3)c(NC(=O)CCCc3ccccc3)c2)ccc2ccccc12. The Labute approximate surface area is 305 Å². The monoisotopic (exact) mass is 703 g/mol. The molecule has 0 atom stereocenters. The number of hydrogen-bond acceptors (Lipinski definition) is 6. The molecule has 0 saturated carbocycles. The van der Waals surface area contributed by atoms with Crippen molar-refractivity contribution in [3.8, 4) is 0 Å². The summed E-state index contributed by atoms with van der Waals surface area (Å²) in [5.41, 5.74) is 10.2. The van der Waals surface area contributed by atoms with Gasteiger partial charge in [0.25, 0.3) is 0 Å². The number of nitrogens with one attached hydrogen (secondary N) is 4. The molecule has 0 aliphatic carbocycles. The summed E-state index contributed by atoms with van der Waals surface area (Å²) in [4.78, 5) is 56.2. The zero-order valence-corrected chi connectivity index (χ0v) is 29.7. The highest BCUT2D eigenvalue weighted by atomic mass is 16.2. The van der Waals surface area contributed by atoms with Crippen LogP contribution in [0.2, 0.25) is 0 Å². The molecule has 0 unspecified atom stereocenters. The van der Waals surface area contributed by atoms with Crippen LogP contribution in [-0.2, 0) is 22.4 Å². The highest BCUT2D eigenvalue weighted by molar-refractivity contribution is 6.07. The molecule has 6 N–H and O–H groups in total. The van der Waals surface area contributed by atoms with E-state index in [0.29, 0.717) is 55.8 Å². The quantitative estimate of drug-likeness (QED) is 0.135. The summed E-state index contributed by atoms with van der Waals surface area (Å²) in [6, 6.07) is 26.7. The molecule has 2 saturated heterocycles. The number of primary amides is 1. The molecule has 6 rings (SSSR count). The number of fused-ring (bicyclic) bond motifs is 1. The van der Waals surface area contributed by atoms with E-state index in [-0.39, 0.29) is 24.3 Å². The van der Waals surface area contributed by atoms with Gasteiger partial charge in [-0.25, -0.2) is 4.79 Å². The Kier molecular flexibility index (Phi) is 12.4. The van der Waals surface area contributed by atoms with Crippen LogP contribution in [-0.4, -0.2) is 74.5 Å². The number of carbonyl (C=O) groups is 4. The summed E-state index contributed by atoms with van der Waals surface area (Å²) in [5, 5.41) is 14.0. The largest absolute Gasteiger partial charge is 0.368 e. The molecular formula is C41H49N7O4. The number of carbonyl (C=O) groups excluding carboxylic acids is 4. The van der Waals surface area contributed by atoms with Crippen molar-refractivity contribution < 1.29 is 19.2 Å². The molecular weight excluding hydrogens is 654 g/mol. The number of anilines is 3. The molecule has 4 aromatic rings. The van der Waals surface area contributed by atoms with Crippen molar-refractivity contribution >= 4 is 51.6 Å². The molecule has 0 radical (unpaired) electrons. The van der Waals surface area contributed by atoms with E-state index in [1.54, 1.807) is 6.07 Å². The summed E-state index contributed by atoms with van der Waals surface area (Å²) in [6.45, 7) is 4.75. The molecule has 11 heteroatoms. The van der Waals surface area contributed by atoms with Crippen LogP contribution in [0.4, 0.5) is 21.9 Å². The number of urea groups is 1. The molecule has 52 heavy (non-hydrogen) atoms. The van der Waals surface area contributed by atoms with E-state index < -0.39 is 11.9 Å². The van der Waals surface area contributed by atoms with Gasteiger partial charge in [0.05, 0.1) is 16.9 Å². The van der Waals surface area contributed by atoms with Gasteiger partial charge in [0.15, 0.2) is 0 Å². The second kappa shape index (κ2) is 17.7. The van der Waals surface area contributed by atoms with Gasteiger partial charge in [0.2, 0.25) is 17.7 Å². The number of nitrogens with two attached hydrogens (primary N) is 1. The first kappa shape index (κ1) is 36.4. The third kappa shape index (κ3) is 9.46. The van der Waals surface area contributed by atoms with Crippen molar-refractivity contribution in [2.45, 2.75) is 44.9 Å². The van der Waals surface area contributed by atoms with Gasteiger partial charge in [-0.2, -0.15) is 0 Å². The van der Waals surface area contributed by atoms with Gasteiger partial charge in [-0.3, -0.25) is 14.4 Å². The van der Waals surface area contributed by atoms with E-state index in [9.17, 15) is 19.2 Å². The summed E-state index contributed by atoms with van der Waals surface area (Å²) in [5.74, 6) is -0.284. The lowest BCUT2D eigenvalue weighted by Crippen LogP contribution is -2.42. The highest BCUT2D eigenvalue weighted by Gasteiger charge is 2.28. The third-order valence-corrected chi connectivity index (χ3v) is 10.0. The summed E-state index contributed by atoms with van der Waals surface area (Å²) in [7, 11) is 0. The van der Waals surface area contributed by atoms with Crippen LogP contribution in [0, 0.1) is 5.92 Å². The molecule has 2 aliphatic heterocycles. The summed E-state index contributed by atoms with van der Waals surface area (Å²) < 4.78 is 0. The van der Waals surface area contributed by atoms with Crippen LogP contribution in [0.25, 0.3) is 10.8 Å². The molecule has 2 aliphatic rings. The van der Waals surface area contributed by atoms with Crippen molar-refractivity contribution in [1.82, 2.24) is 15.5 Å². The van der Waals surface area contributed by atoms with Gasteiger partial charge in [0.1, 0.15) is 0 Å². The Hall–Kier alpha value is -5.42. The number of hydrogen-bond donors (Lipinski definition) is 5. The average Bonchev–Trinajstić information content (AvgIpc) is 3.41. The lowest BCUT2D eigenvalue weighted by molar-refractivity contribution is -0.136. The maximum Gasteiger partial charge on any atom is 0.319 e. The zero-order chi connectivity index (χ0) is 36.3. The Morgan fingerprint density at radius 2 is 1.60 bits per heavy atom. The molecule has 2 heterocycles. The number of aryl methyl sites for hydroxylation is 1. The van der Waals surface area contributed by atoms with Crippen LogP contribution in [0.5, 0.6) is 0 Å².